The third-order valence-corrected chi connectivity index (χ3v) is 9.59. The van der Waals surface area contributed by atoms with Crippen LogP contribution in [0.4, 0.5) is 27.6 Å². The maximum atomic E-state index is 14.4. The fraction of sp³-hybridized carbons (Fsp3) is 0.537. The van der Waals surface area contributed by atoms with Crippen LogP contribution in [0.1, 0.15) is 137 Å². The van der Waals surface area contributed by atoms with E-state index >= 15 is 0 Å². The van der Waals surface area contributed by atoms with E-state index in [-0.39, 0.29) is 24.5 Å². The first-order valence-corrected chi connectivity index (χ1v) is 18.8. The van der Waals surface area contributed by atoms with Gasteiger partial charge in [0.2, 0.25) is 5.82 Å². The van der Waals surface area contributed by atoms with Gasteiger partial charge in [-0.05, 0) is 49.2 Å². The molecule has 0 unspecified atom stereocenters. The highest BCUT2D eigenvalue weighted by Crippen LogP contribution is 2.39. The standard InChI is InChI=1S/C41H53F5N2O4/c1-3-5-7-9-11-13-22-48(23-14-12-10-8-6-4-2)26-32-25-33(29-20-18-28(27-49)19-21-29)52-41(51-32)30-16-15-17-31(24-30)47-40(50)34-35(42)37(44)39(46)38(45)36(34)43/h15-21,24,32-33,41,49H,3-14,22-23,25-27H2,1-2H3,(H,47,50)/t32-,33+,41+/m1/s1. The number of ether oxygens (including phenoxy) is 2. The first-order valence-electron chi connectivity index (χ1n) is 18.8. The summed E-state index contributed by atoms with van der Waals surface area (Å²) in [6.45, 7) is 6.94. The smallest absolute Gasteiger partial charge is 0.261 e. The van der Waals surface area contributed by atoms with Crippen LogP contribution in [-0.2, 0) is 16.1 Å². The van der Waals surface area contributed by atoms with E-state index in [0.29, 0.717) is 18.5 Å². The van der Waals surface area contributed by atoms with E-state index in [1.54, 1.807) is 12.1 Å². The lowest BCUT2D eigenvalue weighted by atomic mass is 9.99. The van der Waals surface area contributed by atoms with E-state index in [4.69, 9.17) is 9.47 Å². The second kappa shape index (κ2) is 21.4. The fourth-order valence-corrected chi connectivity index (χ4v) is 6.61. The average Bonchev–Trinajstić information content (AvgIpc) is 3.15. The number of unbranched alkanes of at least 4 members (excludes halogenated alkanes) is 10. The van der Waals surface area contributed by atoms with Gasteiger partial charge >= 0.3 is 0 Å². The Balaban J connectivity index is 1.53. The molecule has 1 amide bonds. The molecule has 0 aromatic heterocycles. The summed E-state index contributed by atoms with van der Waals surface area (Å²) in [6, 6.07) is 13.7. The summed E-state index contributed by atoms with van der Waals surface area (Å²) >= 11 is 0. The Labute approximate surface area is 304 Å². The van der Waals surface area contributed by atoms with Gasteiger partial charge in [0.1, 0.15) is 5.56 Å². The lowest BCUT2D eigenvalue weighted by Gasteiger charge is -2.38. The number of carbonyl (C=O) groups excluding carboxylic acids is 1. The molecular weight excluding hydrogens is 679 g/mol. The normalized spacial score (nSPS) is 17.5. The van der Waals surface area contributed by atoms with Gasteiger partial charge in [-0.1, -0.05) is 114 Å². The number of hydrogen-bond donors (Lipinski definition) is 2. The number of carbonyl (C=O) groups is 1. The molecule has 3 atom stereocenters. The molecule has 0 saturated carbocycles. The number of hydrogen-bond acceptors (Lipinski definition) is 5. The molecule has 1 aliphatic heterocycles. The summed E-state index contributed by atoms with van der Waals surface area (Å²) in [4.78, 5) is 15.3. The molecule has 2 N–H and O–H groups in total. The molecule has 3 aromatic carbocycles. The highest BCUT2D eigenvalue weighted by molar-refractivity contribution is 6.04. The highest BCUT2D eigenvalue weighted by atomic mass is 19.2. The molecule has 52 heavy (non-hydrogen) atoms. The Morgan fingerprint density at radius 3 is 1.87 bits per heavy atom. The molecule has 1 aliphatic rings. The molecule has 0 bridgehead atoms. The zero-order valence-corrected chi connectivity index (χ0v) is 30.4. The van der Waals surface area contributed by atoms with Crippen LogP contribution in [0, 0.1) is 29.1 Å². The minimum Gasteiger partial charge on any atom is -0.392 e. The molecule has 3 aromatic rings. The third-order valence-electron chi connectivity index (χ3n) is 9.59. The van der Waals surface area contributed by atoms with Crippen molar-refractivity contribution in [2.75, 3.05) is 25.0 Å². The number of nitrogens with zero attached hydrogens (tertiary/aromatic N) is 1. The molecule has 4 rings (SSSR count). The number of amides is 1. The number of aliphatic hydroxyl groups is 1. The van der Waals surface area contributed by atoms with Crippen LogP contribution < -0.4 is 5.32 Å². The zero-order valence-electron chi connectivity index (χ0n) is 30.4. The van der Waals surface area contributed by atoms with E-state index in [9.17, 15) is 31.9 Å². The summed E-state index contributed by atoms with van der Waals surface area (Å²) in [5, 5.41) is 11.8. The molecule has 1 fully saturated rings. The SMILES string of the molecule is CCCCCCCCN(CCCCCCCC)C[C@H]1C[C@@H](c2ccc(CO)cc2)O[C@@H](c2cccc(NC(=O)c3c(F)c(F)c(F)c(F)c3F)c2)O1. The Kier molecular flexibility index (Phi) is 17.0. The molecule has 11 heteroatoms. The summed E-state index contributed by atoms with van der Waals surface area (Å²) < 4.78 is 83.0. The van der Waals surface area contributed by atoms with Crippen LogP contribution in [-0.4, -0.2) is 41.7 Å². The largest absolute Gasteiger partial charge is 0.392 e. The van der Waals surface area contributed by atoms with Crippen LogP contribution >= 0.6 is 0 Å². The van der Waals surface area contributed by atoms with E-state index in [2.05, 4.69) is 24.1 Å². The van der Waals surface area contributed by atoms with E-state index in [0.717, 1.165) is 37.1 Å². The maximum absolute atomic E-state index is 14.4. The molecular formula is C41H53F5N2O4. The lowest BCUT2D eigenvalue weighted by Crippen LogP contribution is -2.40. The molecule has 1 saturated heterocycles. The molecule has 0 radical (unpaired) electrons. The minimum absolute atomic E-state index is 0.0531. The van der Waals surface area contributed by atoms with Gasteiger partial charge in [0.25, 0.3) is 5.91 Å². The van der Waals surface area contributed by atoms with Gasteiger partial charge in [-0.25, -0.2) is 22.0 Å². The van der Waals surface area contributed by atoms with Crippen LogP contribution in [0.5, 0.6) is 0 Å². The number of anilines is 1. The number of halogens is 5. The van der Waals surface area contributed by atoms with Gasteiger partial charge in [0.05, 0.1) is 18.8 Å². The van der Waals surface area contributed by atoms with Crippen molar-refractivity contribution < 1.29 is 41.3 Å². The van der Waals surface area contributed by atoms with Crippen LogP contribution in [0.2, 0.25) is 0 Å². The maximum Gasteiger partial charge on any atom is 0.261 e. The topological polar surface area (TPSA) is 71.0 Å². The van der Waals surface area contributed by atoms with Gasteiger partial charge in [-0.15, -0.1) is 0 Å². The van der Waals surface area contributed by atoms with Crippen molar-refractivity contribution in [3.8, 4) is 0 Å². The average molecular weight is 733 g/mol. The summed E-state index contributed by atoms with van der Waals surface area (Å²) in [6.07, 6.45) is 13.5. The first-order chi connectivity index (χ1) is 25.2. The summed E-state index contributed by atoms with van der Waals surface area (Å²) in [5.41, 5.74) is 0.650. The van der Waals surface area contributed by atoms with Crippen molar-refractivity contribution in [3.05, 3.63) is 99.9 Å². The predicted molar refractivity (Wildman–Crippen MR) is 192 cm³/mol. The monoisotopic (exact) mass is 732 g/mol. The second-order valence-corrected chi connectivity index (χ2v) is 13.7. The Bertz CT molecular complexity index is 1510. The van der Waals surface area contributed by atoms with Gasteiger partial charge in [0, 0.05) is 24.2 Å². The van der Waals surface area contributed by atoms with Gasteiger partial charge in [0.15, 0.2) is 29.6 Å². The van der Waals surface area contributed by atoms with Crippen LogP contribution in [0.15, 0.2) is 48.5 Å². The highest BCUT2D eigenvalue weighted by Gasteiger charge is 2.34. The van der Waals surface area contributed by atoms with Crippen molar-refractivity contribution in [2.24, 2.45) is 0 Å². The molecule has 1 heterocycles. The van der Waals surface area contributed by atoms with Crippen molar-refractivity contribution in [3.63, 3.8) is 0 Å². The predicted octanol–water partition coefficient (Wildman–Crippen LogP) is 10.7. The number of aliphatic hydroxyl groups excluding tert-OH is 1. The van der Waals surface area contributed by atoms with Gasteiger partial charge < -0.3 is 24.8 Å². The summed E-state index contributed by atoms with van der Waals surface area (Å²) in [7, 11) is 0. The van der Waals surface area contributed by atoms with Gasteiger partial charge in [-0.2, -0.15) is 0 Å². The lowest BCUT2D eigenvalue weighted by molar-refractivity contribution is -0.253. The van der Waals surface area contributed by atoms with E-state index < -0.39 is 46.8 Å². The molecule has 0 spiro atoms. The number of rotatable bonds is 21. The van der Waals surface area contributed by atoms with Crippen molar-refractivity contribution in [1.29, 1.82) is 0 Å². The van der Waals surface area contributed by atoms with Crippen molar-refractivity contribution >= 4 is 11.6 Å². The van der Waals surface area contributed by atoms with Crippen LogP contribution in [0.3, 0.4) is 0 Å². The Hall–Kier alpha value is -3.38. The fourth-order valence-electron chi connectivity index (χ4n) is 6.61. The van der Waals surface area contributed by atoms with Crippen molar-refractivity contribution in [1.82, 2.24) is 4.90 Å². The van der Waals surface area contributed by atoms with Crippen molar-refractivity contribution in [2.45, 2.75) is 122 Å². The zero-order chi connectivity index (χ0) is 37.5. The Morgan fingerprint density at radius 1 is 0.731 bits per heavy atom. The van der Waals surface area contributed by atoms with E-state index in [1.165, 1.54) is 76.3 Å². The quantitative estimate of drug-likeness (QED) is 0.0494. The summed E-state index contributed by atoms with van der Waals surface area (Å²) in [5.74, 6) is -12.7. The van der Waals surface area contributed by atoms with Crippen LogP contribution in [0.25, 0.3) is 0 Å². The second-order valence-electron chi connectivity index (χ2n) is 13.7. The number of benzene rings is 3. The molecule has 6 nitrogen and oxygen atoms in total. The first kappa shape index (κ1) is 41.4. The molecule has 286 valence electrons. The minimum atomic E-state index is -2.34. The van der Waals surface area contributed by atoms with Gasteiger partial charge in [-0.3, -0.25) is 4.79 Å². The Morgan fingerprint density at radius 2 is 1.29 bits per heavy atom. The third kappa shape index (κ3) is 11.8. The number of nitrogens with one attached hydrogen (secondary N) is 1. The van der Waals surface area contributed by atoms with E-state index in [1.807, 2.05) is 24.3 Å². The molecule has 0 aliphatic carbocycles.